The Kier molecular flexibility index (Phi) is 5.77. The fraction of sp³-hybridized carbons (Fsp3) is 0.632. The van der Waals surface area contributed by atoms with E-state index in [1.807, 2.05) is 23.1 Å². The number of hydrazine groups is 1. The summed E-state index contributed by atoms with van der Waals surface area (Å²) in [5.74, 6) is 0.890. The molecule has 0 radical (unpaired) electrons. The molecule has 2 saturated heterocycles. The van der Waals surface area contributed by atoms with E-state index in [4.69, 9.17) is 14.2 Å². The Morgan fingerprint density at radius 1 is 1.11 bits per heavy atom. The summed E-state index contributed by atoms with van der Waals surface area (Å²) < 4.78 is 16.4. The smallest absolute Gasteiger partial charge is 0.246 e. The summed E-state index contributed by atoms with van der Waals surface area (Å²) in [5, 5.41) is 2.08. The van der Waals surface area contributed by atoms with Crippen LogP contribution in [0.15, 0.2) is 18.2 Å². The highest BCUT2D eigenvalue weighted by atomic mass is 16.5. The van der Waals surface area contributed by atoms with E-state index >= 15 is 0 Å². The van der Waals surface area contributed by atoms with E-state index in [1.165, 1.54) is 0 Å². The van der Waals surface area contributed by atoms with E-state index in [-0.39, 0.29) is 11.9 Å². The predicted octanol–water partition coefficient (Wildman–Crippen LogP) is 0.252. The van der Waals surface area contributed by atoms with Crippen molar-refractivity contribution in [1.82, 2.24) is 15.2 Å². The standard InChI is InChI=1S/C19H28N4O4/c1-25-16-4-2-3-15-17(19(24)22-9-13-27-14-10-22)20-23(18(15)16)6-5-21-7-11-26-12-8-21/h2-4,17,20H,5-14H2,1H3. The predicted molar refractivity (Wildman–Crippen MR) is 101 cm³/mol. The summed E-state index contributed by atoms with van der Waals surface area (Å²) in [5.41, 5.74) is 5.38. The van der Waals surface area contributed by atoms with Gasteiger partial charge in [0.2, 0.25) is 5.91 Å². The summed E-state index contributed by atoms with van der Waals surface area (Å²) in [4.78, 5) is 17.4. The van der Waals surface area contributed by atoms with Gasteiger partial charge in [-0.05, 0) is 6.07 Å². The van der Waals surface area contributed by atoms with E-state index in [0.29, 0.717) is 26.3 Å². The molecule has 1 amide bonds. The Labute approximate surface area is 159 Å². The number of carbonyl (C=O) groups is 1. The maximum absolute atomic E-state index is 13.1. The van der Waals surface area contributed by atoms with E-state index < -0.39 is 0 Å². The molecule has 27 heavy (non-hydrogen) atoms. The second kappa shape index (κ2) is 8.43. The highest BCUT2D eigenvalue weighted by molar-refractivity contribution is 5.88. The third-order valence-electron chi connectivity index (χ3n) is 5.43. The van der Waals surface area contributed by atoms with E-state index in [1.54, 1.807) is 7.11 Å². The van der Waals surface area contributed by atoms with Gasteiger partial charge in [0.25, 0.3) is 0 Å². The lowest BCUT2D eigenvalue weighted by atomic mass is 10.0. The van der Waals surface area contributed by atoms with Crippen LogP contribution in [0.25, 0.3) is 0 Å². The highest BCUT2D eigenvalue weighted by Crippen LogP contribution is 2.40. The zero-order chi connectivity index (χ0) is 18.6. The second-order valence-corrected chi connectivity index (χ2v) is 7.00. The van der Waals surface area contributed by atoms with Crippen molar-refractivity contribution in [1.29, 1.82) is 0 Å². The molecule has 1 aromatic rings. The molecule has 3 aliphatic heterocycles. The highest BCUT2D eigenvalue weighted by Gasteiger charge is 2.38. The van der Waals surface area contributed by atoms with E-state index in [9.17, 15) is 4.79 Å². The third-order valence-corrected chi connectivity index (χ3v) is 5.43. The molecular weight excluding hydrogens is 348 g/mol. The number of benzene rings is 1. The van der Waals surface area contributed by atoms with Crippen molar-refractivity contribution in [2.75, 3.05) is 77.8 Å². The fourth-order valence-electron chi connectivity index (χ4n) is 3.91. The SMILES string of the molecule is COc1cccc2c1N(CCN1CCOCC1)NC2C(=O)N1CCOCC1. The normalized spacial score (nSPS) is 23.4. The molecule has 2 fully saturated rings. The van der Waals surface area contributed by atoms with Gasteiger partial charge in [-0.1, -0.05) is 12.1 Å². The molecule has 0 bridgehead atoms. The number of nitrogens with one attached hydrogen (secondary N) is 1. The number of methoxy groups -OCH3 is 1. The molecule has 3 heterocycles. The quantitative estimate of drug-likeness (QED) is 0.790. The van der Waals surface area contributed by atoms with Gasteiger partial charge in [0.1, 0.15) is 11.8 Å². The van der Waals surface area contributed by atoms with Crippen molar-refractivity contribution in [3.8, 4) is 5.75 Å². The van der Waals surface area contributed by atoms with Crippen LogP contribution in [0, 0.1) is 0 Å². The van der Waals surface area contributed by atoms with Crippen LogP contribution in [0.3, 0.4) is 0 Å². The first-order chi connectivity index (χ1) is 13.3. The summed E-state index contributed by atoms with van der Waals surface area (Å²) in [7, 11) is 1.67. The molecule has 0 saturated carbocycles. The first-order valence-electron chi connectivity index (χ1n) is 9.65. The van der Waals surface area contributed by atoms with Gasteiger partial charge in [-0.25, -0.2) is 5.43 Å². The molecule has 0 aliphatic carbocycles. The zero-order valence-electron chi connectivity index (χ0n) is 15.9. The average Bonchev–Trinajstić information content (AvgIpc) is 3.12. The Balaban J connectivity index is 1.52. The molecule has 1 unspecified atom stereocenters. The van der Waals surface area contributed by atoms with Crippen molar-refractivity contribution >= 4 is 11.6 Å². The van der Waals surface area contributed by atoms with Crippen LogP contribution in [-0.2, 0) is 14.3 Å². The maximum Gasteiger partial charge on any atom is 0.246 e. The molecule has 0 spiro atoms. The number of carbonyl (C=O) groups excluding carboxylic acids is 1. The van der Waals surface area contributed by atoms with Crippen LogP contribution in [0.1, 0.15) is 11.6 Å². The molecule has 148 valence electrons. The van der Waals surface area contributed by atoms with E-state index in [0.717, 1.165) is 56.4 Å². The number of fused-ring (bicyclic) bond motifs is 1. The summed E-state index contributed by atoms with van der Waals surface area (Å²) in [6.07, 6.45) is 0. The molecule has 1 atom stereocenters. The summed E-state index contributed by atoms with van der Waals surface area (Å²) in [6, 6.07) is 5.54. The van der Waals surface area contributed by atoms with Crippen LogP contribution in [0.4, 0.5) is 5.69 Å². The van der Waals surface area contributed by atoms with Crippen LogP contribution in [0.2, 0.25) is 0 Å². The zero-order valence-corrected chi connectivity index (χ0v) is 15.9. The second-order valence-electron chi connectivity index (χ2n) is 7.00. The van der Waals surface area contributed by atoms with Gasteiger partial charge >= 0.3 is 0 Å². The minimum atomic E-state index is -0.377. The third kappa shape index (κ3) is 3.89. The van der Waals surface area contributed by atoms with E-state index in [2.05, 4.69) is 15.3 Å². The van der Waals surface area contributed by atoms with Crippen LogP contribution < -0.4 is 15.2 Å². The number of nitrogens with zero attached hydrogens (tertiary/aromatic N) is 3. The first kappa shape index (κ1) is 18.5. The fourth-order valence-corrected chi connectivity index (χ4v) is 3.91. The van der Waals surface area contributed by atoms with Crippen molar-refractivity contribution in [2.24, 2.45) is 0 Å². The van der Waals surface area contributed by atoms with Gasteiger partial charge < -0.3 is 24.1 Å². The van der Waals surface area contributed by atoms with Gasteiger partial charge in [-0.3, -0.25) is 9.69 Å². The molecular formula is C19H28N4O4. The lowest BCUT2D eigenvalue weighted by molar-refractivity contribution is -0.137. The van der Waals surface area contributed by atoms with Crippen molar-refractivity contribution in [2.45, 2.75) is 6.04 Å². The number of hydrogen-bond acceptors (Lipinski definition) is 7. The van der Waals surface area contributed by atoms with Gasteiger partial charge in [0, 0.05) is 44.8 Å². The monoisotopic (exact) mass is 376 g/mol. The lowest BCUT2D eigenvalue weighted by Gasteiger charge is -2.31. The Morgan fingerprint density at radius 3 is 2.52 bits per heavy atom. The lowest BCUT2D eigenvalue weighted by Crippen LogP contribution is -2.49. The molecule has 8 heteroatoms. The number of morpholine rings is 2. The number of para-hydroxylation sites is 1. The molecule has 8 nitrogen and oxygen atoms in total. The van der Waals surface area contributed by atoms with Crippen LogP contribution in [0.5, 0.6) is 5.75 Å². The molecule has 3 aliphatic rings. The number of ether oxygens (including phenoxy) is 3. The Morgan fingerprint density at radius 2 is 1.81 bits per heavy atom. The summed E-state index contributed by atoms with van der Waals surface area (Å²) >= 11 is 0. The van der Waals surface area contributed by atoms with Gasteiger partial charge in [0.05, 0.1) is 39.2 Å². The number of rotatable bonds is 5. The van der Waals surface area contributed by atoms with Gasteiger partial charge in [0.15, 0.2) is 0 Å². The average molecular weight is 376 g/mol. The maximum atomic E-state index is 13.1. The number of amides is 1. The van der Waals surface area contributed by atoms with Gasteiger partial charge in [-0.15, -0.1) is 0 Å². The van der Waals surface area contributed by atoms with Crippen LogP contribution >= 0.6 is 0 Å². The molecule has 4 rings (SSSR count). The Bertz CT molecular complexity index is 659. The number of anilines is 1. The molecule has 0 aromatic heterocycles. The van der Waals surface area contributed by atoms with Crippen LogP contribution in [-0.4, -0.2) is 88.5 Å². The number of hydrogen-bond donors (Lipinski definition) is 1. The first-order valence-corrected chi connectivity index (χ1v) is 9.65. The molecule has 1 aromatic carbocycles. The summed E-state index contributed by atoms with van der Waals surface area (Å²) in [6.45, 7) is 7.64. The molecule has 1 N–H and O–H groups in total. The minimum absolute atomic E-state index is 0.0988. The van der Waals surface area contributed by atoms with Crippen molar-refractivity contribution < 1.29 is 19.0 Å². The largest absolute Gasteiger partial charge is 0.495 e. The van der Waals surface area contributed by atoms with Crippen molar-refractivity contribution in [3.63, 3.8) is 0 Å². The van der Waals surface area contributed by atoms with Crippen molar-refractivity contribution in [3.05, 3.63) is 23.8 Å². The minimum Gasteiger partial charge on any atom is -0.495 e. The Hall–Kier alpha value is -1.87. The van der Waals surface area contributed by atoms with Gasteiger partial charge in [-0.2, -0.15) is 0 Å². The topological polar surface area (TPSA) is 66.5 Å².